The topological polar surface area (TPSA) is 39.9 Å². The van der Waals surface area contributed by atoms with Crippen LogP contribution in [0.5, 0.6) is 0 Å². The Morgan fingerprint density at radius 2 is 1.95 bits per heavy atom. The molecule has 114 valence electrons. The molecular formula is C17H17ClFN3. The number of nitriles is 1. The van der Waals surface area contributed by atoms with Crippen LogP contribution in [0.25, 0.3) is 11.3 Å². The third-order valence-corrected chi connectivity index (χ3v) is 3.46. The Hall–Kier alpha value is -2.12. The molecule has 0 saturated heterocycles. The molecule has 0 saturated carbocycles. The fourth-order valence-corrected chi connectivity index (χ4v) is 2.46. The first kappa shape index (κ1) is 16.3. The van der Waals surface area contributed by atoms with Crippen molar-refractivity contribution >= 4 is 17.3 Å². The van der Waals surface area contributed by atoms with E-state index in [9.17, 15) is 4.39 Å². The van der Waals surface area contributed by atoms with Crippen LogP contribution >= 0.6 is 11.6 Å². The van der Waals surface area contributed by atoms with E-state index in [2.05, 4.69) is 22.9 Å². The van der Waals surface area contributed by atoms with Gasteiger partial charge in [-0.1, -0.05) is 18.5 Å². The van der Waals surface area contributed by atoms with Gasteiger partial charge in [0.15, 0.2) is 0 Å². The molecule has 0 bridgehead atoms. The third-order valence-electron chi connectivity index (χ3n) is 3.27. The van der Waals surface area contributed by atoms with E-state index in [4.69, 9.17) is 16.9 Å². The first-order chi connectivity index (χ1) is 10.6. The molecule has 0 aliphatic rings. The Morgan fingerprint density at radius 3 is 2.59 bits per heavy atom. The average Bonchev–Trinajstić information content (AvgIpc) is 2.51. The van der Waals surface area contributed by atoms with Crippen molar-refractivity contribution < 1.29 is 4.39 Å². The summed E-state index contributed by atoms with van der Waals surface area (Å²) in [5, 5.41) is 9.18. The summed E-state index contributed by atoms with van der Waals surface area (Å²) in [6.07, 6.45) is 1.42. The molecule has 0 spiro atoms. The lowest BCUT2D eigenvalue weighted by molar-refractivity contribution is 0.628. The molecule has 0 aliphatic heterocycles. The second-order valence-corrected chi connectivity index (χ2v) is 5.32. The number of rotatable bonds is 6. The number of benzene rings is 1. The molecule has 1 aromatic heterocycles. The van der Waals surface area contributed by atoms with Crippen molar-refractivity contribution in [3.8, 4) is 17.3 Å². The van der Waals surface area contributed by atoms with E-state index >= 15 is 0 Å². The van der Waals surface area contributed by atoms with Crippen LogP contribution in [0.15, 0.2) is 36.4 Å². The zero-order valence-corrected chi connectivity index (χ0v) is 13.1. The summed E-state index contributed by atoms with van der Waals surface area (Å²) < 4.78 is 13.0. The maximum atomic E-state index is 13.0. The van der Waals surface area contributed by atoms with Gasteiger partial charge in [-0.3, -0.25) is 0 Å². The van der Waals surface area contributed by atoms with Crippen LogP contribution in [0.2, 0.25) is 5.15 Å². The number of hydrogen-bond acceptors (Lipinski definition) is 3. The van der Waals surface area contributed by atoms with Crippen LogP contribution in [0.3, 0.4) is 0 Å². The van der Waals surface area contributed by atoms with Crippen molar-refractivity contribution in [3.05, 3.63) is 47.4 Å². The molecule has 2 rings (SSSR count). The van der Waals surface area contributed by atoms with Crippen LogP contribution in [0.4, 0.5) is 10.1 Å². The average molecular weight is 318 g/mol. The van der Waals surface area contributed by atoms with Crippen molar-refractivity contribution in [1.29, 1.82) is 5.26 Å². The standard InChI is InChI=1S/C17H17ClFN3/c1-2-9-22(10-3-8-20)15-11-16(21-17(18)12-15)13-4-6-14(19)7-5-13/h4-7,11-12H,2-3,9-10H2,1H3. The minimum atomic E-state index is -0.285. The fraction of sp³-hybridized carbons (Fsp3) is 0.294. The monoisotopic (exact) mass is 317 g/mol. The van der Waals surface area contributed by atoms with Gasteiger partial charge < -0.3 is 4.90 Å². The van der Waals surface area contributed by atoms with E-state index in [1.165, 1.54) is 12.1 Å². The van der Waals surface area contributed by atoms with Gasteiger partial charge in [-0.25, -0.2) is 9.37 Å². The molecule has 0 N–H and O–H groups in total. The highest BCUT2D eigenvalue weighted by Gasteiger charge is 2.10. The molecule has 3 nitrogen and oxygen atoms in total. The van der Waals surface area contributed by atoms with E-state index < -0.39 is 0 Å². The number of anilines is 1. The predicted octanol–water partition coefficient (Wildman–Crippen LogP) is 4.67. The van der Waals surface area contributed by atoms with E-state index in [0.29, 0.717) is 23.8 Å². The minimum absolute atomic E-state index is 0.285. The van der Waals surface area contributed by atoms with Gasteiger partial charge in [0.2, 0.25) is 0 Å². The Kier molecular flexibility index (Phi) is 5.74. The number of nitrogens with zero attached hydrogens (tertiary/aromatic N) is 3. The quantitative estimate of drug-likeness (QED) is 0.727. The highest BCUT2D eigenvalue weighted by Crippen LogP contribution is 2.26. The van der Waals surface area contributed by atoms with Gasteiger partial charge in [-0.05, 0) is 42.8 Å². The molecule has 0 amide bonds. The van der Waals surface area contributed by atoms with Crippen molar-refractivity contribution in [2.45, 2.75) is 19.8 Å². The number of aromatic nitrogens is 1. The lowest BCUT2D eigenvalue weighted by Gasteiger charge is -2.24. The summed E-state index contributed by atoms with van der Waals surface area (Å²) in [5.41, 5.74) is 2.43. The van der Waals surface area contributed by atoms with Crippen molar-refractivity contribution in [2.24, 2.45) is 0 Å². The van der Waals surface area contributed by atoms with E-state index in [0.717, 1.165) is 24.2 Å². The summed E-state index contributed by atoms with van der Waals surface area (Å²) in [7, 11) is 0. The molecule has 2 aromatic rings. The van der Waals surface area contributed by atoms with Gasteiger partial charge in [-0.2, -0.15) is 5.26 Å². The zero-order chi connectivity index (χ0) is 15.9. The van der Waals surface area contributed by atoms with Crippen molar-refractivity contribution in [2.75, 3.05) is 18.0 Å². The largest absolute Gasteiger partial charge is 0.370 e. The maximum absolute atomic E-state index is 13.0. The minimum Gasteiger partial charge on any atom is -0.370 e. The van der Waals surface area contributed by atoms with Gasteiger partial charge in [-0.15, -0.1) is 0 Å². The fourth-order valence-electron chi connectivity index (χ4n) is 2.26. The molecule has 5 heteroatoms. The molecule has 0 atom stereocenters. The molecule has 1 heterocycles. The lowest BCUT2D eigenvalue weighted by atomic mass is 10.1. The number of halogens is 2. The number of pyridine rings is 1. The Labute approximate surface area is 135 Å². The highest BCUT2D eigenvalue weighted by molar-refractivity contribution is 6.29. The molecular weight excluding hydrogens is 301 g/mol. The summed E-state index contributed by atoms with van der Waals surface area (Å²) >= 11 is 6.13. The Balaban J connectivity index is 2.36. The summed E-state index contributed by atoms with van der Waals surface area (Å²) in [6.45, 7) is 3.57. The van der Waals surface area contributed by atoms with E-state index in [-0.39, 0.29) is 5.82 Å². The summed E-state index contributed by atoms with van der Waals surface area (Å²) in [4.78, 5) is 6.42. The van der Waals surface area contributed by atoms with Crippen LogP contribution < -0.4 is 4.90 Å². The SMILES string of the molecule is CCCN(CCC#N)c1cc(Cl)nc(-c2ccc(F)cc2)c1. The van der Waals surface area contributed by atoms with E-state index in [1.807, 2.05) is 6.07 Å². The lowest BCUT2D eigenvalue weighted by Crippen LogP contribution is -2.25. The van der Waals surface area contributed by atoms with Crippen LogP contribution in [0.1, 0.15) is 19.8 Å². The van der Waals surface area contributed by atoms with Crippen molar-refractivity contribution in [3.63, 3.8) is 0 Å². The van der Waals surface area contributed by atoms with Crippen molar-refractivity contribution in [1.82, 2.24) is 4.98 Å². The van der Waals surface area contributed by atoms with Gasteiger partial charge in [0, 0.05) is 24.3 Å². The third kappa shape index (κ3) is 4.19. The Bertz CT molecular complexity index is 665. The molecule has 22 heavy (non-hydrogen) atoms. The van der Waals surface area contributed by atoms with Gasteiger partial charge in [0.1, 0.15) is 11.0 Å². The predicted molar refractivity (Wildman–Crippen MR) is 87.4 cm³/mol. The van der Waals surface area contributed by atoms with Gasteiger partial charge >= 0.3 is 0 Å². The first-order valence-corrected chi connectivity index (χ1v) is 7.57. The molecule has 0 unspecified atom stereocenters. The van der Waals surface area contributed by atoms with Crippen LogP contribution in [-0.2, 0) is 0 Å². The number of hydrogen-bond donors (Lipinski definition) is 0. The second kappa shape index (κ2) is 7.77. The maximum Gasteiger partial charge on any atom is 0.131 e. The normalized spacial score (nSPS) is 10.3. The molecule has 0 fully saturated rings. The first-order valence-electron chi connectivity index (χ1n) is 7.19. The summed E-state index contributed by atoms with van der Waals surface area (Å²) in [6, 6.07) is 12.0. The zero-order valence-electron chi connectivity index (χ0n) is 12.4. The van der Waals surface area contributed by atoms with Gasteiger partial charge in [0.05, 0.1) is 18.2 Å². The smallest absolute Gasteiger partial charge is 0.131 e. The molecule has 1 aromatic carbocycles. The van der Waals surface area contributed by atoms with Gasteiger partial charge in [0.25, 0.3) is 0 Å². The van der Waals surface area contributed by atoms with Crippen LogP contribution in [0, 0.1) is 17.1 Å². The summed E-state index contributed by atoms with van der Waals surface area (Å²) in [5.74, 6) is -0.285. The second-order valence-electron chi connectivity index (χ2n) is 4.94. The van der Waals surface area contributed by atoms with E-state index in [1.54, 1.807) is 18.2 Å². The highest BCUT2D eigenvalue weighted by atomic mass is 35.5. The van der Waals surface area contributed by atoms with Crippen LogP contribution in [-0.4, -0.2) is 18.1 Å². The Morgan fingerprint density at radius 1 is 1.23 bits per heavy atom. The molecule has 0 radical (unpaired) electrons. The molecule has 0 aliphatic carbocycles.